The van der Waals surface area contributed by atoms with Gasteiger partial charge in [0.2, 0.25) is 53.2 Å². The van der Waals surface area contributed by atoms with Crippen molar-refractivity contribution in [3.05, 3.63) is 35.9 Å². The molecule has 1 aromatic rings. The number of hydrogen-bond acceptors (Lipinski definition) is 12. The Labute approximate surface area is 349 Å². The van der Waals surface area contributed by atoms with E-state index in [1.54, 1.807) is 30.3 Å². The number of rotatable bonds is 16. The molecule has 21 heteroatoms. The minimum absolute atomic E-state index is 0.0127. The van der Waals surface area contributed by atoms with E-state index >= 15 is 0 Å². The number of nitrogens with zero attached hydrogens (tertiary/aromatic N) is 3. The molecule has 334 valence electrons. The molecule has 0 radical (unpaired) electrons. The molecular weight excluding hydrogens is 786 g/mol. The van der Waals surface area contributed by atoms with Crippen LogP contribution in [0, 0.1) is 5.92 Å². The molecule has 1 aromatic carbocycles. The van der Waals surface area contributed by atoms with Crippen LogP contribution in [-0.2, 0) is 49.6 Å². The number of nitrogens with one attached hydrogen (secondary N) is 6. The molecule has 0 aromatic heterocycles. The van der Waals surface area contributed by atoms with E-state index in [9.17, 15) is 58.8 Å². The lowest BCUT2D eigenvalue weighted by Gasteiger charge is -2.29. The predicted molar refractivity (Wildman–Crippen MR) is 212 cm³/mol. The molecule has 0 unspecified atom stereocenters. The summed E-state index contributed by atoms with van der Waals surface area (Å²) in [6, 6.07) is 0.647. The molecule has 1 saturated heterocycles. The molecule has 1 fully saturated rings. The first-order valence-corrected chi connectivity index (χ1v) is 20.0. The van der Waals surface area contributed by atoms with Gasteiger partial charge >= 0.3 is 0 Å². The average Bonchev–Trinajstić information content (AvgIpc) is 3.18. The minimum Gasteiger partial charge on any atom is -0.343 e. The molecule has 0 saturated carbocycles. The fraction of sp³-hybridized carbons (Fsp3) is 0.615. The molecule has 2 rings (SSSR count). The highest BCUT2D eigenvalue weighted by atomic mass is 16.5. The van der Waals surface area contributed by atoms with Crippen molar-refractivity contribution in [2.75, 3.05) is 19.6 Å². The lowest BCUT2D eigenvalue weighted by molar-refractivity contribution is -0.163. The Morgan fingerprint density at radius 2 is 0.867 bits per heavy atom. The summed E-state index contributed by atoms with van der Waals surface area (Å²) in [7, 11) is 0. The normalized spacial score (nSPS) is 22.2. The Bertz CT molecular complexity index is 1660. The number of hydroxylamine groups is 6. The fourth-order valence-electron chi connectivity index (χ4n) is 6.14. The zero-order chi connectivity index (χ0) is 45.1. The van der Waals surface area contributed by atoms with Crippen LogP contribution in [0.5, 0.6) is 0 Å². The summed E-state index contributed by atoms with van der Waals surface area (Å²) in [6.45, 7) is 7.63. The molecule has 1 aliphatic heterocycles. The van der Waals surface area contributed by atoms with Crippen LogP contribution in [0.3, 0.4) is 0 Å². The van der Waals surface area contributed by atoms with Gasteiger partial charge in [-0.3, -0.25) is 58.8 Å². The van der Waals surface area contributed by atoms with Crippen LogP contribution in [0.15, 0.2) is 30.3 Å². The van der Waals surface area contributed by atoms with Gasteiger partial charge in [0.05, 0.1) is 0 Å². The summed E-state index contributed by atoms with van der Waals surface area (Å²) < 4.78 is 0. The van der Waals surface area contributed by atoms with E-state index in [4.69, 9.17) is 0 Å². The zero-order valence-corrected chi connectivity index (χ0v) is 35.1. The van der Waals surface area contributed by atoms with E-state index in [1.807, 2.05) is 13.8 Å². The molecule has 1 heterocycles. The summed E-state index contributed by atoms with van der Waals surface area (Å²) in [5, 5.41) is 46.8. The van der Waals surface area contributed by atoms with Crippen molar-refractivity contribution >= 4 is 53.2 Å². The van der Waals surface area contributed by atoms with Gasteiger partial charge in [0.1, 0.15) is 36.3 Å². The molecule has 9 N–H and O–H groups in total. The van der Waals surface area contributed by atoms with Gasteiger partial charge in [-0.25, -0.2) is 15.2 Å². The number of carbonyl (C=O) groups excluding carboxylic acids is 9. The van der Waals surface area contributed by atoms with E-state index in [-0.39, 0.29) is 76.9 Å². The highest BCUT2D eigenvalue weighted by molar-refractivity contribution is 5.98. The number of benzene rings is 1. The van der Waals surface area contributed by atoms with Crippen molar-refractivity contribution in [2.24, 2.45) is 5.92 Å². The molecule has 21 nitrogen and oxygen atoms in total. The first kappa shape index (κ1) is 50.5. The maximum atomic E-state index is 14.1. The Balaban J connectivity index is 2.67. The van der Waals surface area contributed by atoms with Crippen LogP contribution in [0.2, 0.25) is 0 Å². The first-order chi connectivity index (χ1) is 28.2. The summed E-state index contributed by atoms with van der Waals surface area (Å²) in [6.07, 6.45) is -0.547. The van der Waals surface area contributed by atoms with Crippen LogP contribution >= 0.6 is 0 Å². The number of amides is 9. The van der Waals surface area contributed by atoms with E-state index < -0.39 is 89.4 Å². The Hall–Kier alpha value is -5.67. The zero-order valence-electron chi connectivity index (χ0n) is 35.1. The lowest BCUT2D eigenvalue weighted by Crippen LogP contribution is -2.61. The molecule has 9 amide bonds. The van der Waals surface area contributed by atoms with Crippen LogP contribution < -0.4 is 31.9 Å². The van der Waals surface area contributed by atoms with E-state index in [1.165, 1.54) is 6.92 Å². The molecule has 0 aliphatic carbocycles. The molecule has 6 atom stereocenters. The first-order valence-electron chi connectivity index (χ1n) is 20.0. The van der Waals surface area contributed by atoms with Gasteiger partial charge in [-0.2, -0.15) is 0 Å². The van der Waals surface area contributed by atoms with Crippen molar-refractivity contribution < 1.29 is 58.8 Å². The third-order valence-electron chi connectivity index (χ3n) is 9.59. The third kappa shape index (κ3) is 17.7. The van der Waals surface area contributed by atoms with Gasteiger partial charge in [-0.05, 0) is 63.4 Å². The molecule has 0 spiro atoms. The highest BCUT2D eigenvalue weighted by Gasteiger charge is 2.34. The monoisotopic (exact) mass is 847 g/mol. The fourth-order valence-corrected chi connectivity index (χ4v) is 6.14. The van der Waals surface area contributed by atoms with Gasteiger partial charge in [0.15, 0.2) is 0 Å². The average molecular weight is 848 g/mol. The van der Waals surface area contributed by atoms with Crippen molar-refractivity contribution in [1.29, 1.82) is 0 Å². The van der Waals surface area contributed by atoms with Crippen molar-refractivity contribution in [3.8, 4) is 0 Å². The van der Waals surface area contributed by atoms with Crippen molar-refractivity contribution in [3.63, 3.8) is 0 Å². The standard InChI is InChI=1S/C39H61N9O12/c1-23(2)21-32-38(56)45-33(22-28-13-8-7-9-14-28)39(57)43-31(17-12-20-48(60)27(6)51)37(55)42-30(16-11-19-47(59)26(5)50)36(54)41-29(15-10-18-46(58)25(4)49)35(53)40-24(3)34(52)44-32/h7-9,13-14,23-24,29-33,58-60H,10-12,15-22H2,1-6H3,(H,40,53)(H,41,54)(H,42,55)(H,43,57)(H,44,52)(H,45,56)/t24-,29-,30-,31-,32-,33+/m0/s1. The predicted octanol–water partition coefficient (Wildman–Crippen LogP) is -0.729. The molecule has 60 heavy (non-hydrogen) atoms. The second kappa shape index (κ2) is 25.1. The molecule has 1 aliphatic rings. The van der Waals surface area contributed by atoms with E-state index in [0.29, 0.717) is 20.8 Å². The van der Waals surface area contributed by atoms with Gasteiger partial charge < -0.3 is 31.9 Å². The van der Waals surface area contributed by atoms with Gasteiger partial charge in [0.25, 0.3) is 0 Å². The number of hydrogen-bond donors (Lipinski definition) is 9. The Kier molecular flexibility index (Phi) is 21.1. The SMILES string of the molecule is CC(=O)N(O)CCC[C@@H]1NC(=O)[C@H](CCCN(O)C(C)=O)NC(=O)[C@H](CCCN(O)C(C)=O)NC(=O)[C@@H](Cc2ccccc2)NC(=O)[C@H](CC(C)C)NC(=O)[C@H](C)NC1=O. The maximum Gasteiger partial charge on any atom is 0.243 e. The highest BCUT2D eigenvalue weighted by Crippen LogP contribution is 2.12. The molecule has 0 bridgehead atoms. The smallest absolute Gasteiger partial charge is 0.243 e. The lowest BCUT2D eigenvalue weighted by atomic mass is 10.00. The van der Waals surface area contributed by atoms with E-state index in [0.717, 1.165) is 20.8 Å². The van der Waals surface area contributed by atoms with Gasteiger partial charge in [0, 0.05) is 46.8 Å². The topological polar surface area (TPSA) is 296 Å². The van der Waals surface area contributed by atoms with Crippen LogP contribution in [0.1, 0.15) is 92.1 Å². The quantitative estimate of drug-likeness (QED) is 0.0736. The largest absolute Gasteiger partial charge is 0.343 e. The Morgan fingerprint density at radius 3 is 1.25 bits per heavy atom. The van der Waals surface area contributed by atoms with Gasteiger partial charge in [-0.1, -0.05) is 44.2 Å². The third-order valence-corrected chi connectivity index (χ3v) is 9.59. The summed E-state index contributed by atoms with van der Waals surface area (Å²) in [5.41, 5.74) is 0.641. The number of carbonyl (C=O) groups is 9. The van der Waals surface area contributed by atoms with E-state index in [2.05, 4.69) is 31.9 Å². The van der Waals surface area contributed by atoms with Crippen LogP contribution in [0.25, 0.3) is 0 Å². The summed E-state index contributed by atoms with van der Waals surface area (Å²) >= 11 is 0. The molecular formula is C39H61N9O12. The Morgan fingerprint density at radius 1 is 0.533 bits per heavy atom. The van der Waals surface area contributed by atoms with Crippen molar-refractivity contribution in [2.45, 2.75) is 129 Å². The van der Waals surface area contributed by atoms with Crippen LogP contribution in [0.4, 0.5) is 0 Å². The van der Waals surface area contributed by atoms with Crippen LogP contribution in [-0.4, -0.2) is 140 Å². The summed E-state index contributed by atoms with van der Waals surface area (Å²) in [4.78, 5) is 118. The maximum absolute atomic E-state index is 14.1. The second-order valence-corrected chi connectivity index (χ2v) is 15.2. The second-order valence-electron chi connectivity index (χ2n) is 15.2. The minimum atomic E-state index is -1.46. The summed E-state index contributed by atoms with van der Waals surface area (Å²) in [5.74, 6) is -7.11. The van der Waals surface area contributed by atoms with Crippen molar-refractivity contribution in [1.82, 2.24) is 47.1 Å². The van der Waals surface area contributed by atoms with Gasteiger partial charge in [-0.15, -0.1) is 0 Å².